The van der Waals surface area contributed by atoms with E-state index < -0.39 is 5.41 Å². The SMILES string of the molecule is Cc1sc(CNc2ccc(C(C)(C)C#N)cc2)cc1Br. The number of hydrogen-bond acceptors (Lipinski definition) is 3. The first kappa shape index (κ1) is 15.1. The number of halogens is 1. The molecular weight excluding hydrogens is 332 g/mol. The van der Waals surface area contributed by atoms with Crippen LogP contribution in [0.2, 0.25) is 0 Å². The minimum Gasteiger partial charge on any atom is -0.380 e. The first-order valence-corrected chi connectivity index (χ1v) is 8.04. The fraction of sp³-hybridized carbons (Fsp3) is 0.312. The van der Waals surface area contributed by atoms with Crippen molar-refractivity contribution in [1.82, 2.24) is 0 Å². The Morgan fingerprint density at radius 3 is 2.45 bits per heavy atom. The van der Waals surface area contributed by atoms with E-state index in [9.17, 15) is 0 Å². The molecule has 0 saturated carbocycles. The smallest absolute Gasteiger partial charge is 0.0766 e. The van der Waals surface area contributed by atoms with Crippen molar-refractivity contribution in [2.75, 3.05) is 5.32 Å². The van der Waals surface area contributed by atoms with Crippen LogP contribution in [0.1, 0.15) is 29.2 Å². The van der Waals surface area contributed by atoms with E-state index in [0.717, 1.165) is 17.8 Å². The highest BCUT2D eigenvalue weighted by molar-refractivity contribution is 9.10. The molecule has 0 radical (unpaired) electrons. The molecule has 2 nitrogen and oxygen atoms in total. The molecule has 1 N–H and O–H groups in total. The van der Waals surface area contributed by atoms with Gasteiger partial charge >= 0.3 is 0 Å². The zero-order valence-electron chi connectivity index (χ0n) is 11.8. The normalized spacial score (nSPS) is 11.2. The maximum absolute atomic E-state index is 9.13. The molecule has 2 rings (SSSR count). The topological polar surface area (TPSA) is 35.8 Å². The third kappa shape index (κ3) is 3.41. The summed E-state index contributed by atoms with van der Waals surface area (Å²) >= 11 is 5.33. The van der Waals surface area contributed by atoms with Crippen LogP contribution in [0.4, 0.5) is 5.69 Å². The molecule has 0 atom stereocenters. The number of nitriles is 1. The van der Waals surface area contributed by atoms with Crippen molar-refractivity contribution in [3.8, 4) is 6.07 Å². The minimum absolute atomic E-state index is 0.436. The van der Waals surface area contributed by atoms with Crippen molar-refractivity contribution in [3.63, 3.8) is 0 Å². The van der Waals surface area contributed by atoms with Crippen LogP contribution in [0.25, 0.3) is 0 Å². The van der Waals surface area contributed by atoms with Crippen molar-refractivity contribution >= 4 is 33.0 Å². The van der Waals surface area contributed by atoms with Crippen LogP contribution in [0.5, 0.6) is 0 Å². The van der Waals surface area contributed by atoms with Crippen LogP contribution in [0.3, 0.4) is 0 Å². The lowest BCUT2D eigenvalue weighted by Gasteiger charge is -2.16. The monoisotopic (exact) mass is 348 g/mol. The Kier molecular flexibility index (Phi) is 4.52. The molecule has 0 aliphatic carbocycles. The van der Waals surface area contributed by atoms with Crippen LogP contribution < -0.4 is 5.32 Å². The molecule has 0 saturated heterocycles. The molecule has 0 bridgehead atoms. The number of rotatable bonds is 4. The summed E-state index contributed by atoms with van der Waals surface area (Å²) in [5.41, 5.74) is 1.68. The maximum Gasteiger partial charge on any atom is 0.0766 e. The molecule has 1 heterocycles. The lowest BCUT2D eigenvalue weighted by molar-refractivity contribution is 0.687. The van der Waals surface area contributed by atoms with Crippen molar-refractivity contribution in [2.24, 2.45) is 0 Å². The summed E-state index contributed by atoms with van der Waals surface area (Å²) in [6, 6.07) is 12.6. The average Bonchev–Trinajstić information content (AvgIpc) is 2.76. The van der Waals surface area contributed by atoms with Gasteiger partial charge in [-0.15, -0.1) is 11.3 Å². The van der Waals surface area contributed by atoms with Crippen LogP contribution in [0, 0.1) is 18.3 Å². The molecule has 4 heteroatoms. The fourth-order valence-electron chi connectivity index (χ4n) is 1.86. The van der Waals surface area contributed by atoms with Gasteiger partial charge in [-0.05, 0) is 60.5 Å². The summed E-state index contributed by atoms with van der Waals surface area (Å²) in [6.07, 6.45) is 0. The Morgan fingerprint density at radius 2 is 1.95 bits per heavy atom. The number of nitrogens with zero attached hydrogens (tertiary/aromatic N) is 1. The van der Waals surface area contributed by atoms with Crippen LogP contribution in [-0.4, -0.2) is 0 Å². The van der Waals surface area contributed by atoms with Crippen LogP contribution in [-0.2, 0) is 12.0 Å². The second kappa shape index (κ2) is 5.99. The van der Waals surface area contributed by atoms with Gasteiger partial charge in [-0.25, -0.2) is 0 Å². The minimum atomic E-state index is -0.436. The molecule has 0 amide bonds. The zero-order chi connectivity index (χ0) is 14.8. The average molecular weight is 349 g/mol. The van der Waals surface area contributed by atoms with E-state index >= 15 is 0 Å². The van der Waals surface area contributed by atoms with E-state index in [-0.39, 0.29) is 0 Å². The molecule has 0 aliphatic rings. The summed E-state index contributed by atoms with van der Waals surface area (Å²) in [5.74, 6) is 0. The number of hydrogen-bond donors (Lipinski definition) is 1. The van der Waals surface area contributed by atoms with E-state index in [0.29, 0.717) is 0 Å². The predicted molar refractivity (Wildman–Crippen MR) is 89.2 cm³/mol. The van der Waals surface area contributed by atoms with Gasteiger partial charge in [0.05, 0.1) is 11.5 Å². The predicted octanol–water partition coefficient (Wildman–Crippen LogP) is 5.23. The molecule has 2 aromatic rings. The highest BCUT2D eigenvalue weighted by Crippen LogP contribution is 2.27. The largest absolute Gasteiger partial charge is 0.380 e. The second-order valence-corrected chi connectivity index (χ2v) is 7.48. The van der Waals surface area contributed by atoms with Gasteiger partial charge < -0.3 is 5.32 Å². The maximum atomic E-state index is 9.13. The fourth-order valence-corrected chi connectivity index (χ4v) is 3.40. The van der Waals surface area contributed by atoms with Crippen molar-refractivity contribution in [1.29, 1.82) is 5.26 Å². The van der Waals surface area contributed by atoms with E-state index in [4.69, 9.17) is 5.26 Å². The molecular formula is C16H17BrN2S. The Hall–Kier alpha value is -1.31. The quantitative estimate of drug-likeness (QED) is 0.820. The summed E-state index contributed by atoms with van der Waals surface area (Å²) in [5, 5.41) is 12.5. The first-order valence-electron chi connectivity index (χ1n) is 6.43. The summed E-state index contributed by atoms with van der Waals surface area (Å²) in [6.45, 7) is 6.79. The first-order chi connectivity index (χ1) is 9.42. The number of thiophene rings is 1. The number of benzene rings is 1. The van der Waals surface area contributed by atoms with Crippen molar-refractivity contribution in [2.45, 2.75) is 32.7 Å². The highest BCUT2D eigenvalue weighted by atomic mass is 79.9. The number of nitrogens with one attached hydrogen (secondary N) is 1. The molecule has 0 fully saturated rings. The molecule has 104 valence electrons. The molecule has 1 aromatic heterocycles. The Morgan fingerprint density at radius 1 is 1.30 bits per heavy atom. The lowest BCUT2D eigenvalue weighted by Crippen LogP contribution is -2.13. The second-order valence-electron chi connectivity index (χ2n) is 5.28. The van der Waals surface area contributed by atoms with E-state index in [1.807, 2.05) is 38.1 Å². The van der Waals surface area contributed by atoms with Crippen LogP contribution in [0.15, 0.2) is 34.8 Å². The third-order valence-corrected chi connectivity index (χ3v) is 5.40. The Labute approximate surface area is 132 Å². The van der Waals surface area contributed by atoms with Gasteiger partial charge in [0.25, 0.3) is 0 Å². The van der Waals surface area contributed by atoms with Crippen molar-refractivity contribution < 1.29 is 0 Å². The van der Waals surface area contributed by atoms with Gasteiger partial charge in [-0.1, -0.05) is 12.1 Å². The van der Waals surface area contributed by atoms with E-state index in [2.05, 4.69) is 40.3 Å². The van der Waals surface area contributed by atoms with E-state index in [1.165, 1.54) is 14.2 Å². The van der Waals surface area contributed by atoms with Gasteiger partial charge in [0, 0.05) is 26.5 Å². The summed E-state index contributed by atoms with van der Waals surface area (Å²) in [7, 11) is 0. The third-order valence-electron chi connectivity index (χ3n) is 3.26. The summed E-state index contributed by atoms with van der Waals surface area (Å²) in [4.78, 5) is 2.60. The van der Waals surface area contributed by atoms with Gasteiger partial charge in [-0.2, -0.15) is 5.26 Å². The molecule has 20 heavy (non-hydrogen) atoms. The van der Waals surface area contributed by atoms with Gasteiger partial charge in [0.1, 0.15) is 0 Å². The Bertz CT molecular complexity index is 616. The summed E-state index contributed by atoms with van der Waals surface area (Å²) < 4.78 is 1.17. The molecule has 0 unspecified atom stereocenters. The standard InChI is InChI=1S/C16H17BrN2S/c1-11-15(17)8-14(20-11)9-19-13-6-4-12(5-7-13)16(2,3)10-18/h4-8,19H,9H2,1-3H3. The van der Waals surface area contributed by atoms with Gasteiger partial charge in [0.15, 0.2) is 0 Å². The zero-order valence-corrected chi connectivity index (χ0v) is 14.2. The molecule has 1 aromatic carbocycles. The molecule has 0 aliphatic heterocycles. The lowest BCUT2D eigenvalue weighted by atomic mass is 9.86. The number of anilines is 1. The van der Waals surface area contributed by atoms with Gasteiger partial charge in [-0.3, -0.25) is 0 Å². The van der Waals surface area contributed by atoms with E-state index in [1.54, 1.807) is 11.3 Å². The van der Waals surface area contributed by atoms with Crippen LogP contribution >= 0.6 is 27.3 Å². The highest BCUT2D eigenvalue weighted by Gasteiger charge is 2.18. The van der Waals surface area contributed by atoms with Gasteiger partial charge in [0.2, 0.25) is 0 Å². The molecule has 0 spiro atoms. The Balaban J connectivity index is 2.03. The van der Waals surface area contributed by atoms with Crippen molar-refractivity contribution in [3.05, 3.63) is 50.1 Å². The number of aryl methyl sites for hydroxylation is 1.